The number of ether oxygens (including phenoxy) is 3. The first kappa shape index (κ1) is 15.8. The second kappa shape index (κ2) is 6.02. The highest BCUT2D eigenvalue weighted by Gasteiger charge is 2.26. The Kier molecular flexibility index (Phi) is 4.52. The number of halogens is 1. The van der Waals surface area contributed by atoms with Gasteiger partial charge in [-0.15, -0.1) is 0 Å². The van der Waals surface area contributed by atoms with Crippen molar-refractivity contribution in [2.45, 2.75) is 32.9 Å². The van der Waals surface area contributed by atoms with Crippen molar-refractivity contribution in [3.8, 4) is 11.5 Å². The van der Waals surface area contributed by atoms with Gasteiger partial charge >= 0.3 is 6.09 Å². The molecule has 0 fully saturated rings. The number of nitrogens with zero attached hydrogens (tertiary/aromatic N) is 1. The SMILES string of the molecule is COc1cc(Cl)c2c(c1)OCCN(C(=O)OC(C)(C)C)C2. The Morgan fingerprint density at radius 3 is 2.71 bits per heavy atom. The number of amides is 1. The molecule has 6 heteroatoms. The third-order valence-electron chi connectivity index (χ3n) is 2.98. The van der Waals surface area contributed by atoms with Gasteiger partial charge in [-0.25, -0.2) is 4.79 Å². The quantitative estimate of drug-likeness (QED) is 0.796. The molecule has 0 unspecified atom stereocenters. The first-order chi connectivity index (χ1) is 9.80. The third kappa shape index (κ3) is 3.94. The van der Waals surface area contributed by atoms with Crippen LogP contribution in [0.2, 0.25) is 5.02 Å². The molecule has 1 heterocycles. The van der Waals surface area contributed by atoms with Gasteiger partial charge in [-0.2, -0.15) is 0 Å². The van der Waals surface area contributed by atoms with Crippen LogP contribution >= 0.6 is 11.6 Å². The van der Waals surface area contributed by atoms with Crippen molar-refractivity contribution in [2.24, 2.45) is 0 Å². The highest BCUT2D eigenvalue weighted by Crippen LogP contribution is 2.34. The van der Waals surface area contributed by atoms with E-state index in [1.165, 1.54) is 0 Å². The number of fused-ring (bicyclic) bond motifs is 1. The number of carbonyl (C=O) groups is 1. The van der Waals surface area contributed by atoms with E-state index in [1.807, 2.05) is 20.8 Å². The molecule has 1 aromatic carbocycles. The summed E-state index contributed by atoms with van der Waals surface area (Å²) >= 11 is 6.26. The molecule has 0 saturated carbocycles. The van der Waals surface area contributed by atoms with Gasteiger partial charge in [0, 0.05) is 11.6 Å². The van der Waals surface area contributed by atoms with Crippen LogP contribution in [-0.2, 0) is 11.3 Å². The molecule has 0 atom stereocenters. The normalized spacial score (nSPS) is 14.8. The molecular weight excluding hydrogens is 294 g/mol. The molecular formula is C15H20ClNO4. The summed E-state index contributed by atoms with van der Waals surface area (Å²) < 4.78 is 16.2. The van der Waals surface area contributed by atoms with Crippen molar-refractivity contribution >= 4 is 17.7 Å². The van der Waals surface area contributed by atoms with E-state index in [9.17, 15) is 4.79 Å². The van der Waals surface area contributed by atoms with E-state index in [0.29, 0.717) is 36.2 Å². The van der Waals surface area contributed by atoms with E-state index in [2.05, 4.69) is 0 Å². The minimum Gasteiger partial charge on any atom is -0.497 e. The second-order valence-corrected chi connectivity index (χ2v) is 6.24. The van der Waals surface area contributed by atoms with Gasteiger partial charge in [0.1, 0.15) is 23.7 Å². The Labute approximate surface area is 129 Å². The molecule has 0 aromatic heterocycles. The van der Waals surface area contributed by atoms with Crippen LogP contribution in [0.25, 0.3) is 0 Å². The lowest BCUT2D eigenvalue weighted by Gasteiger charge is -2.26. The molecule has 0 spiro atoms. The number of hydrogen-bond donors (Lipinski definition) is 0. The van der Waals surface area contributed by atoms with Gasteiger partial charge in [-0.05, 0) is 26.8 Å². The topological polar surface area (TPSA) is 48.0 Å². The maximum Gasteiger partial charge on any atom is 0.410 e. The van der Waals surface area contributed by atoms with Gasteiger partial charge in [-0.1, -0.05) is 11.6 Å². The van der Waals surface area contributed by atoms with Crippen LogP contribution in [0.5, 0.6) is 11.5 Å². The molecule has 0 bridgehead atoms. The summed E-state index contributed by atoms with van der Waals surface area (Å²) in [7, 11) is 1.57. The molecule has 5 nitrogen and oxygen atoms in total. The van der Waals surface area contributed by atoms with Gasteiger partial charge in [0.2, 0.25) is 0 Å². The molecule has 1 aliphatic heterocycles. The second-order valence-electron chi connectivity index (χ2n) is 5.84. The van der Waals surface area contributed by atoms with E-state index in [1.54, 1.807) is 24.1 Å². The Balaban J connectivity index is 2.23. The molecule has 2 rings (SSSR count). The Bertz CT molecular complexity index is 539. The number of rotatable bonds is 1. The summed E-state index contributed by atoms with van der Waals surface area (Å²) in [5, 5.41) is 0.514. The summed E-state index contributed by atoms with van der Waals surface area (Å²) in [6.07, 6.45) is -0.370. The maximum atomic E-state index is 12.2. The highest BCUT2D eigenvalue weighted by molar-refractivity contribution is 6.31. The molecule has 1 aromatic rings. The van der Waals surface area contributed by atoms with Gasteiger partial charge < -0.3 is 19.1 Å². The smallest absolute Gasteiger partial charge is 0.410 e. The van der Waals surface area contributed by atoms with Crippen molar-refractivity contribution in [2.75, 3.05) is 20.3 Å². The average molecular weight is 314 g/mol. The standard InChI is InChI=1S/C15H20ClNO4/c1-15(2,3)21-14(18)17-5-6-20-13-8-10(19-4)7-12(16)11(13)9-17/h7-8H,5-6,9H2,1-4H3. The minimum absolute atomic E-state index is 0.354. The molecule has 1 aliphatic rings. The largest absolute Gasteiger partial charge is 0.497 e. The zero-order valence-corrected chi connectivity index (χ0v) is 13.5. The lowest BCUT2D eigenvalue weighted by atomic mass is 10.1. The van der Waals surface area contributed by atoms with Gasteiger partial charge in [-0.3, -0.25) is 0 Å². The zero-order valence-electron chi connectivity index (χ0n) is 12.7. The molecule has 0 radical (unpaired) electrons. The summed E-state index contributed by atoms with van der Waals surface area (Å²) in [5.74, 6) is 1.27. The van der Waals surface area contributed by atoms with E-state index in [4.69, 9.17) is 25.8 Å². The number of benzene rings is 1. The number of methoxy groups -OCH3 is 1. The van der Waals surface area contributed by atoms with Crippen LogP contribution in [0.15, 0.2) is 12.1 Å². The maximum absolute atomic E-state index is 12.2. The number of carbonyl (C=O) groups excluding carboxylic acids is 1. The van der Waals surface area contributed by atoms with Crippen molar-refractivity contribution in [3.05, 3.63) is 22.7 Å². The van der Waals surface area contributed by atoms with Crippen molar-refractivity contribution < 1.29 is 19.0 Å². The monoisotopic (exact) mass is 313 g/mol. The van der Waals surface area contributed by atoms with E-state index >= 15 is 0 Å². The fourth-order valence-corrected chi connectivity index (χ4v) is 2.27. The number of hydrogen-bond acceptors (Lipinski definition) is 4. The molecule has 21 heavy (non-hydrogen) atoms. The van der Waals surface area contributed by atoms with Gasteiger partial charge in [0.05, 0.1) is 25.2 Å². The summed E-state index contributed by atoms with van der Waals surface area (Å²) in [6, 6.07) is 3.49. The average Bonchev–Trinajstić information content (AvgIpc) is 2.59. The molecule has 0 N–H and O–H groups in total. The van der Waals surface area contributed by atoms with Crippen LogP contribution in [0, 0.1) is 0 Å². The zero-order chi connectivity index (χ0) is 15.6. The Morgan fingerprint density at radius 1 is 1.38 bits per heavy atom. The fourth-order valence-electron chi connectivity index (χ4n) is 2.01. The predicted octanol–water partition coefficient (Wildman–Crippen LogP) is 3.48. The minimum atomic E-state index is -0.531. The highest BCUT2D eigenvalue weighted by atomic mass is 35.5. The first-order valence-corrected chi connectivity index (χ1v) is 7.15. The third-order valence-corrected chi connectivity index (χ3v) is 3.32. The lowest BCUT2D eigenvalue weighted by molar-refractivity contribution is 0.0225. The molecule has 0 saturated heterocycles. The first-order valence-electron chi connectivity index (χ1n) is 6.77. The summed E-state index contributed by atoms with van der Waals surface area (Å²) in [6.45, 7) is 6.70. The van der Waals surface area contributed by atoms with E-state index in [-0.39, 0.29) is 6.09 Å². The van der Waals surface area contributed by atoms with Gasteiger partial charge in [0.15, 0.2) is 0 Å². The van der Waals surface area contributed by atoms with E-state index < -0.39 is 5.60 Å². The Morgan fingerprint density at radius 2 is 2.10 bits per heavy atom. The predicted molar refractivity (Wildman–Crippen MR) is 80.1 cm³/mol. The van der Waals surface area contributed by atoms with Crippen molar-refractivity contribution in [3.63, 3.8) is 0 Å². The van der Waals surface area contributed by atoms with Crippen molar-refractivity contribution in [1.82, 2.24) is 4.90 Å². The van der Waals surface area contributed by atoms with Crippen molar-refractivity contribution in [1.29, 1.82) is 0 Å². The van der Waals surface area contributed by atoms with E-state index in [0.717, 1.165) is 5.56 Å². The molecule has 0 aliphatic carbocycles. The van der Waals surface area contributed by atoms with Gasteiger partial charge in [0.25, 0.3) is 0 Å². The Hall–Kier alpha value is -1.62. The summed E-state index contributed by atoms with van der Waals surface area (Å²) in [4.78, 5) is 13.8. The van der Waals surface area contributed by atoms with Crippen LogP contribution in [0.3, 0.4) is 0 Å². The van der Waals surface area contributed by atoms with Crippen LogP contribution in [0.1, 0.15) is 26.3 Å². The summed E-state index contributed by atoms with van der Waals surface area (Å²) in [5.41, 5.74) is 0.234. The van der Waals surface area contributed by atoms with Crippen LogP contribution in [-0.4, -0.2) is 36.9 Å². The van der Waals surface area contributed by atoms with Crippen LogP contribution < -0.4 is 9.47 Å². The van der Waals surface area contributed by atoms with Crippen LogP contribution in [0.4, 0.5) is 4.79 Å². The lowest BCUT2D eigenvalue weighted by Crippen LogP contribution is -2.37. The molecule has 1 amide bonds. The fraction of sp³-hybridized carbons (Fsp3) is 0.533. The molecule has 116 valence electrons.